The molecule has 0 bridgehead atoms. The first-order valence-electron chi connectivity index (χ1n) is 13.6. The van der Waals surface area contributed by atoms with Gasteiger partial charge in [0.05, 0.1) is 17.0 Å². The van der Waals surface area contributed by atoms with Crippen molar-refractivity contribution in [3.8, 4) is 11.5 Å². The highest BCUT2D eigenvalue weighted by atomic mass is 16.5. The predicted octanol–water partition coefficient (Wildman–Crippen LogP) is 3.56. The number of carbonyl (C=O) groups excluding carboxylic acids is 1. The molecule has 1 saturated heterocycles. The fourth-order valence-electron chi connectivity index (χ4n) is 4.15. The fourth-order valence-corrected chi connectivity index (χ4v) is 4.15. The molecule has 1 fully saturated rings. The van der Waals surface area contributed by atoms with Gasteiger partial charge < -0.3 is 19.9 Å². The van der Waals surface area contributed by atoms with E-state index in [9.17, 15) is 4.79 Å². The molecular formula is C24H38N2O4. The van der Waals surface area contributed by atoms with Crippen LogP contribution < -0.4 is 15.2 Å². The van der Waals surface area contributed by atoms with Crippen LogP contribution in [-0.4, -0.2) is 50.3 Å². The summed E-state index contributed by atoms with van der Waals surface area (Å²) in [4.78, 5) is 14.3. The first kappa shape index (κ1) is 15.9. The Bertz CT molecular complexity index is 1000. The highest BCUT2D eigenvalue weighted by molar-refractivity contribution is 5.76. The normalized spacial score (nSPS) is 31.2. The van der Waals surface area contributed by atoms with Gasteiger partial charge in [-0.3, -0.25) is 9.69 Å². The van der Waals surface area contributed by atoms with Crippen molar-refractivity contribution in [2.45, 2.75) is 65.1 Å². The Labute approximate surface area is 189 Å². The van der Waals surface area contributed by atoms with Gasteiger partial charge in [-0.05, 0) is 47.8 Å². The van der Waals surface area contributed by atoms with Gasteiger partial charge in [-0.2, -0.15) is 0 Å². The number of piperidine rings is 1. The average molecular weight is 425 g/mol. The van der Waals surface area contributed by atoms with Gasteiger partial charge in [0, 0.05) is 36.9 Å². The molecule has 2 N–H and O–H groups in total. The highest BCUT2D eigenvalue weighted by Gasteiger charge is 2.41. The van der Waals surface area contributed by atoms with Gasteiger partial charge >= 0.3 is 5.97 Å². The lowest BCUT2D eigenvalue weighted by atomic mass is 9.79. The van der Waals surface area contributed by atoms with Crippen molar-refractivity contribution < 1.29 is 27.2 Å². The van der Waals surface area contributed by atoms with Crippen molar-refractivity contribution in [3.05, 3.63) is 23.2 Å². The lowest BCUT2D eigenvalue weighted by molar-refractivity contribution is -0.160. The number of benzene rings is 1. The van der Waals surface area contributed by atoms with E-state index in [1.165, 1.54) is 19.1 Å². The molecule has 0 spiro atoms. The van der Waals surface area contributed by atoms with E-state index in [4.69, 9.17) is 28.2 Å². The predicted molar refractivity (Wildman–Crippen MR) is 118 cm³/mol. The van der Waals surface area contributed by atoms with E-state index >= 15 is 0 Å². The summed E-state index contributed by atoms with van der Waals surface area (Å²) in [6.07, 6.45) is -2.46. The van der Waals surface area contributed by atoms with Crippen molar-refractivity contribution in [1.82, 2.24) is 4.90 Å². The number of ether oxygens (including phenoxy) is 3. The summed E-state index contributed by atoms with van der Waals surface area (Å²) in [5.74, 6) is -0.830. The summed E-state index contributed by atoms with van der Waals surface area (Å²) in [6.45, 7) is 5.33. The minimum absolute atomic E-state index is 0.0147. The summed E-state index contributed by atoms with van der Waals surface area (Å²) >= 11 is 0. The lowest BCUT2D eigenvalue weighted by Gasteiger charge is -2.47. The van der Waals surface area contributed by atoms with Crippen LogP contribution in [0.1, 0.15) is 65.9 Å². The first-order chi connectivity index (χ1) is 16.6. The number of hydrogen-bond acceptors (Lipinski definition) is 6. The zero-order valence-corrected chi connectivity index (χ0v) is 18.7. The van der Waals surface area contributed by atoms with E-state index in [0.29, 0.717) is 6.42 Å². The van der Waals surface area contributed by atoms with Crippen molar-refractivity contribution in [2.24, 2.45) is 23.5 Å². The molecule has 3 unspecified atom stereocenters. The smallest absolute Gasteiger partial charge is 0.323 e. The van der Waals surface area contributed by atoms with E-state index in [1.54, 1.807) is 0 Å². The standard InChI is InChI=1S/C24H38N2O4/c1-14(2)9-17-13-26-8-7-16-10-21(28-5)22(29-6)11-18(16)19(26)12-20(17)30-24(27)23(25)15(3)4/h10-11,14-15,17,19-20,23H,7-9,12-13,25H2,1-6H3/t17?,19?,20?,23-/m0/s1/i7D2,8D2,10D,11D. The Kier molecular flexibility index (Phi) is 5.08. The summed E-state index contributed by atoms with van der Waals surface area (Å²) in [5.41, 5.74) is 5.97. The number of carbonyl (C=O) groups is 1. The number of hydrogen-bond donors (Lipinski definition) is 1. The summed E-state index contributed by atoms with van der Waals surface area (Å²) < 4.78 is 69.4. The van der Waals surface area contributed by atoms with Crippen LogP contribution in [0.2, 0.25) is 0 Å². The van der Waals surface area contributed by atoms with Crippen molar-refractivity contribution in [3.63, 3.8) is 0 Å². The second-order valence-corrected chi connectivity index (χ2v) is 8.88. The van der Waals surface area contributed by atoms with E-state index in [0.717, 1.165) is 0 Å². The van der Waals surface area contributed by atoms with Gasteiger partial charge in [-0.25, -0.2) is 0 Å². The van der Waals surface area contributed by atoms with Crippen LogP contribution in [0.3, 0.4) is 0 Å². The maximum atomic E-state index is 12.8. The largest absolute Gasteiger partial charge is 0.493 e. The number of fused-ring (bicyclic) bond motifs is 3. The molecule has 168 valence electrons. The van der Waals surface area contributed by atoms with Crippen LogP contribution in [0.25, 0.3) is 0 Å². The van der Waals surface area contributed by atoms with Crippen molar-refractivity contribution >= 4 is 5.97 Å². The van der Waals surface area contributed by atoms with E-state index in [2.05, 4.69) is 0 Å². The third kappa shape index (κ3) is 4.75. The number of esters is 1. The molecule has 2 aliphatic rings. The zero-order valence-electron chi connectivity index (χ0n) is 24.7. The van der Waals surface area contributed by atoms with Gasteiger partial charge in [0.1, 0.15) is 12.1 Å². The molecule has 1 aromatic carbocycles. The zero-order chi connectivity index (χ0) is 27.3. The van der Waals surface area contributed by atoms with Crippen molar-refractivity contribution in [1.29, 1.82) is 0 Å². The first-order valence-corrected chi connectivity index (χ1v) is 10.6. The van der Waals surface area contributed by atoms with Crippen LogP contribution in [-0.2, 0) is 15.9 Å². The van der Waals surface area contributed by atoms with Crippen LogP contribution >= 0.6 is 0 Å². The second kappa shape index (κ2) is 9.56. The number of methoxy groups -OCH3 is 2. The highest BCUT2D eigenvalue weighted by Crippen LogP contribution is 2.44. The Morgan fingerprint density at radius 3 is 2.53 bits per heavy atom. The van der Waals surface area contributed by atoms with Gasteiger partial charge in [-0.15, -0.1) is 0 Å². The minimum atomic E-state index is -2.61. The maximum Gasteiger partial charge on any atom is 0.323 e. The minimum Gasteiger partial charge on any atom is -0.493 e. The number of nitrogens with two attached hydrogens (primary N) is 1. The fraction of sp³-hybridized carbons (Fsp3) is 0.708. The summed E-state index contributed by atoms with van der Waals surface area (Å²) in [6, 6.07) is -2.14. The third-order valence-corrected chi connectivity index (χ3v) is 5.85. The number of nitrogens with zero attached hydrogens (tertiary/aromatic N) is 1. The van der Waals surface area contributed by atoms with Crippen LogP contribution in [0.4, 0.5) is 0 Å². The van der Waals surface area contributed by atoms with E-state index < -0.39 is 37.0 Å². The quantitative estimate of drug-likeness (QED) is 0.675. The second-order valence-electron chi connectivity index (χ2n) is 8.88. The molecule has 30 heavy (non-hydrogen) atoms. The Morgan fingerprint density at radius 2 is 1.93 bits per heavy atom. The number of rotatable bonds is 7. The Hall–Kier alpha value is -1.79. The Morgan fingerprint density at radius 1 is 1.27 bits per heavy atom. The molecule has 2 aliphatic heterocycles. The molecule has 0 aromatic heterocycles. The molecule has 3 rings (SSSR count). The average Bonchev–Trinajstić information content (AvgIpc) is 2.78. The summed E-state index contributed by atoms with van der Waals surface area (Å²) in [7, 11) is 2.64. The molecular weight excluding hydrogens is 380 g/mol. The van der Waals surface area contributed by atoms with E-state index in [1.807, 2.05) is 27.7 Å². The van der Waals surface area contributed by atoms with Gasteiger partial charge in [-0.1, -0.05) is 27.7 Å². The Balaban J connectivity index is 2.20. The molecule has 6 heteroatoms. The van der Waals surface area contributed by atoms with Crippen LogP contribution in [0.15, 0.2) is 12.1 Å². The van der Waals surface area contributed by atoms with Crippen molar-refractivity contribution in [2.75, 3.05) is 27.3 Å². The van der Waals surface area contributed by atoms with Crippen LogP contribution in [0.5, 0.6) is 11.5 Å². The van der Waals surface area contributed by atoms with Gasteiger partial charge in [0.25, 0.3) is 0 Å². The SMILES string of the molecule is [2H]c1c(OC)c(OC)c([2H])c2c1C1CC(OC(=O)[C@@H](N)C(C)C)C(CC(C)C)CN1C([2H])([2H])C2([2H])[2H]. The van der Waals surface area contributed by atoms with Crippen LogP contribution in [0, 0.1) is 17.8 Å². The third-order valence-electron chi connectivity index (χ3n) is 5.85. The molecule has 2 heterocycles. The van der Waals surface area contributed by atoms with E-state index in [-0.39, 0.29) is 65.4 Å². The van der Waals surface area contributed by atoms with Gasteiger partial charge in [0.15, 0.2) is 11.5 Å². The molecule has 6 nitrogen and oxygen atoms in total. The maximum absolute atomic E-state index is 12.8. The van der Waals surface area contributed by atoms with Gasteiger partial charge in [0.2, 0.25) is 0 Å². The lowest BCUT2D eigenvalue weighted by Crippen LogP contribution is -2.51. The molecule has 0 saturated carbocycles. The molecule has 0 amide bonds. The molecule has 0 aliphatic carbocycles. The molecule has 1 aromatic rings. The summed E-state index contributed by atoms with van der Waals surface area (Å²) in [5, 5.41) is 0. The molecule has 4 atom stereocenters. The molecule has 0 radical (unpaired) electrons. The monoisotopic (exact) mass is 424 g/mol. The topological polar surface area (TPSA) is 74.0 Å².